The van der Waals surface area contributed by atoms with E-state index in [9.17, 15) is 0 Å². The maximum atomic E-state index is 6.09. The number of nitrogens with two attached hydrogens (primary N) is 1. The highest BCUT2D eigenvalue weighted by atomic mass is 16.5. The van der Waals surface area contributed by atoms with Gasteiger partial charge in [-0.05, 0) is 18.3 Å². The predicted octanol–water partition coefficient (Wildman–Crippen LogP) is 1.01. The fourth-order valence-electron chi connectivity index (χ4n) is 1.94. The van der Waals surface area contributed by atoms with E-state index in [1.165, 1.54) is 12.7 Å². The van der Waals surface area contributed by atoms with Gasteiger partial charge in [0.2, 0.25) is 5.88 Å². The lowest BCUT2D eigenvalue weighted by molar-refractivity contribution is 0.395. The SMILES string of the molecule is COc1cc(CC(N)C2CC2C)ncn1. The van der Waals surface area contributed by atoms with Crippen LogP contribution < -0.4 is 10.5 Å². The second-order valence-corrected chi connectivity index (χ2v) is 4.30. The summed E-state index contributed by atoms with van der Waals surface area (Å²) in [6.45, 7) is 2.24. The van der Waals surface area contributed by atoms with Crippen LogP contribution in [-0.2, 0) is 6.42 Å². The molecule has 1 fully saturated rings. The van der Waals surface area contributed by atoms with Gasteiger partial charge >= 0.3 is 0 Å². The molecule has 0 amide bonds. The van der Waals surface area contributed by atoms with Crippen molar-refractivity contribution in [1.82, 2.24) is 9.97 Å². The Bertz CT molecular complexity index is 342. The van der Waals surface area contributed by atoms with Crippen molar-refractivity contribution in [2.45, 2.75) is 25.8 Å². The highest BCUT2D eigenvalue weighted by Crippen LogP contribution is 2.40. The summed E-state index contributed by atoms with van der Waals surface area (Å²) in [5.74, 6) is 2.06. The molecule has 4 heteroatoms. The monoisotopic (exact) mass is 207 g/mol. The van der Waals surface area contributed by atoms with Crippen LogP contribution in [-0.4, -0.2) is 23.1 Å². The minimum Gasteiger partial charge on any atom is -0.481 e. The Hall–Kier alpha value is -1.16. The van der Waals surface area contributed by atoms with Crippen LogP contribution in [0.15, 0.2) is 12.4 Å². The molecule has 0 spiro atoms. The van der Waals surface area contributed by atoms with E-state index in [1.54, 1.807) is 7.11 Å². The first-order valence-electron chi connectivity index (χ1n) is 5.31. The molecule has 3 atom stereocenters. The van der Waals surface area contributed by atoms with Crippen LogP contribution in [0.3, 0.4) is 0 Å². The second-order valence-electron chi connectivity index (χ2n) is 4.30. The molecule has 2 rings (SSSR count). The van der Waals surface area contributed by atoms with Crippen molar-refractivity contribution in [1.29, 1.82) is 0 Å². The molecular weight excluding hydrogens is 190 g/mol. The van der Waals surface area contributed by atoms with Crippen LogP contribution in [0.1, 0.15) is 19.0 Å². The summed E-state index contributed by atoms with van der Waals surface area (Å²) < 4.78 is 5.04. The van der Waals surface area contributed by atoms with E-state index in [-0.39, 0.29) is 6.04 Å². The summed E-state index contributed by atoms with van der Waals surface area (Å²) in [7, 11) is 1.61. The summed E-state index contributed by atoms with van der Waals surface area (Å²) in [4.78, 5) is 8.16. The molecular formula is C11H17N3O. The van der Waals surface area contributed by atoms with Gasteiger partial charge in [-0.3, -0.25) is 0 Å². The molecule has 82 valence electrons. The lowest BCUT2D eigenvalue weighted by atomic mass is 10.1. The molecule has 0 bridgehead atoms. The third-order valence-electron chi connectivity index (χ3n) is 3.07. The largest absolute Gasteiger partial charge is 0.481 e. The van der Waals surface area contributed by atoms with Gasteiger partial charge in [0, 0.05) is 24.2 Å². The zero-order chi connectivity index (χ0) is 10.8. The summed E-state index contributed by atoms with van der Waals surface area (Å²) >= 11 is 0. The van der Waals surface area contributed by atoms with E-state index >= 15 is 0 Å². The second kappa shape index (κ2) is 4.14. The first-order chi connectivity index (χ1) is 7.20. The number of nitrogens with zero attached hydrogens (tertiary/aromatic N) is 2. The van der Waals surface area contributed by atoms with Crippen LogP contribution in [0.5, 0.6) is 5.88 Å². The number of aromatic nitrogens is 2. The van der Waals surface area contributed by atoms with Crippen LogP contribution in [0.25, 0.3) is 0 Å². The smallest absolute Gasteiger partial charge is 0.216 e. The minimum atomic E-state index is 0.222. The topological polar surface area (TPSA) is 61.0 Å². The Kier molecular flexibility index (Phi) is 2.86. The van der Waals surface area contributed by atoms with E-state index in [1.807, 2.05) is 6.07 Å². The molecule has 1 aromatic heterocycles. The van der Waals surface area contributed by atoms with Crippen LogP contribution in [0.4, 0.5) is 0 Å². The van der Waals surface area contributed by atoms with Gasteiger partial charge in [0.05, 0.1) is 7.11 Å². The van der Waals surface area contributed by atoms with E-state index in [0.717, 1.165) is 18.0 Å². The van der Waals surface area contributed by atoms with Crippen molar-refractivity contribution in [2.75, 3.05) is 7.11 Å². The summed E-state index contributed by atoms with van der Waals surface area (Å²) in [5, 5.41) is 0. The maximum absolute atomic E-state index is 6.09. The maximum Gasteiger partial charge on any atom is 0.216 e. The lowest BCUT2D eigenvalue weighted by Gasteiger charge is -2.10. The summed E-state index contributed by atoms with van der Waals surface area (Å²) in [6.07, 6.45) is 3.59. The highest BCUT2D eigenvalue weighted by molar-refractivity contribution is 5.15. The molecule has 3 unspecified atom stereocenters. The van der Waals surface area contributed by atoms with Crippen LogP contribution >= 0.6 is 0 Å². The predicted molar refractivity (Wildman–Crippen MR) is 57.5 cm³/mol. The number of rotatable bonds is 4. The van der Waals surface area contributed by atoms with Gasteiger partial charge in [-0.1, -0.05) is 6.92 Å². The fraction of sp³-hybridized carbons (Fsp3) is 0.636. The molecule has 1 aromatic rings. The van der Waals surface area contributed by atoms with Crippen molar-refractivity contribution < 1.29 is 4.74 Å². The van der Waals surface area contributed by atoms with Crippen LogP contribution in [0, 0.1) is 11.8 Å². The molecule has 1 aliphatic carbocycles. The molecule has 0 aromatic carbocycles. The molecule has 15 heavy (non-hydrogen) atoms. The number of hydrogen-bond donors (Lipinski definition) is 1. The lowest BCUT2D eigenvalue weighted by Crippen LogP contribution is -2.26. The molecule has 1 heterocycles. The molecule has 0 radical (unpaired) electrons. The van der Waals surface area contributed by atoms with Gasteiger partial charge in [0.25, 0.3) is 0 Å². The van der Waals surface area contributed by atoms with Crippen molar-refractivity contribution >= 4 is 0 Å². The van der Waals surface area contributed by atoms with Crippen molar-refractivity contribution in [3.8, 4) is 5.88 Å². The standard InChI is InChI=1S/C11H17N3O/c1-7-3-9(7)10(12)4-8-5-11(15-2)14-6-13-8/h5-7,9-10H,3-4,12H2,1-2H3. The summed E-state index contributed by atoms with van der Waals surface area (Å²) in [5.41, 5.74) is 7.06. The van der Waals surface area contributed by atoms with E-state index in [4.69, 9.17) is 10.5 Å². The Labute approximate surface area is 89.9 Å². The molecule has 1 saturated carbocycles. The van der Waals surface area contributed by atoms with E-state index in [0.29, 0.717) is 11.8 Å². The Morgan fingerprint density at radius 1 is 1.60 bits per heavy atom. The van der Waals surface area contributed by atoms with Gasteiger partial charge < -0.3 is 10.5 Å². The molecule has 1 aliphatic rings. The van der Waals surface area contributed by atoms with Gasteiger partial charge in [0.1, 0.15) is 6.33 Å². The first kappa shape index (κ1) is 10.4. The molecule has 0 saturated heterocycles. The average Bonchev–Trinajstić information content (AvgIpc) is 2.96. The normalized spacial score (nSPS) is 26.1. The number of ether oxygens (including phenoxy) is 1. The average molecular weight is 207 g/mol. The Balaban J connectivity index is 1.97. The highest BCUT2D eigenvalue weighted by Gasteiger charge is 2.37. The Morgan fingerprint density at radius 3 is 2.93 bits per heavy atom. The number of hydrogen-bond acceptors (Lipinski definition) is 4. The van der Waals surface area contributed by atoms with E-state index in [2.05, 4.69) is 16.9 Å². The Morgan fingerprint density at radius 2 is 2.33 bits per heavy atom. The first-order valence-corrected chi connectivity index (χ1v) is 5.31. The number of methoxy groups -OCH3 is 1. The van der Waals surface area contributed by atoms with Crippen molar-refractivity contribution in [3.05, 3.63) is 18.1 Å². The van der Waals surface area contributed by atoms with E-state index < -0.39 is 0 Å². The molecule has 2 N–H and O–H groups in total. The van der Waals surface area contributed by atoms with Crippen molar-refractivity contribution in [3.63, 3.8) is 0 Å². The molecule has 0 aliphatic heterocycles. The van der Waals surface area contributed by atoms with Gasteiger partial charge in [0.15, 0.2) is 0 Å². The zero-order valence-electron chi connectivity index (χ0n) is 9.18. The molecule has 4 nitrogen and oxygen atoms in total. The third-order valence-corrected chi connectivity index (χ3v) is 3.07. The van der Waals surface area contributed by atoms with Crippen LogP contribution in [0.2, 0.25) is 0 Å². The van der Waals surface area contributed by atoms with Crippen molar-refractivity contribution in [2.24, 2.45) is 17.6 Å². The fourth-order valence-corrected chi connectivity index (χ4v) is 1.94. The third kappa shape index (κ3) is 2.45. The minimum absolute atomic E-state index is 0.222. The zero-order valence-corrected chi connectivity index (χ0v) is 9.18. The summed E-state index contributed by atoms with van der Waals surface area (Å²) in [6, 6.07) is 2.08. The van der Waals surface area contributed by atoms with Gasteiger partial charge in [-0.2, -0.15) is 0 Å². The quantitative estimate of drug-likeness (QED) is 0.800. The van der Waals surface area contributed by atoms with Gasteiger partial charge in [-0.25, -0.2) is 9.97 Å². The van der Waals surface area contributed by atoms with Gasteiger partial charge in [-0.15, -0.1) is 0 Å².